The molecule has 0 unspecified atom stereocenters. The van der Waals surface area contributed by atoms with Gasteiger partial charge in [0.1, 0.15) is 10.8 Å². The van der Waals surface area contributed by atoms with Gasteiger partial charge in [-0.05, 0) is 23.6 Å². The summed E-state index contributed by atoms with van der Waals surface area (Å²) in [6, 6.07) is 13.9. The molecular weight excluding hydrogens is 242 g/mol. The molecule has 88 valence electrons. The molecule has 0 atom stereocenters. The highest BCUT2D eigenvalue weighted by atomic mass is 32.1. The Morgan fingerprint density at radius 3 is 2.78 bits per heavy atom. The van der Waals surface area contributed by atoms with E-state index >= 15 is 0 Å². The van der Waals surface area contributed by atoms with Crippen LogP contribution in [0.1, 0.15) is 5.69 Å². The second-order valence-electron chi connectivity index (χ2n) is 3.98. The van der Waals surface area contributed by atoms with Crippen LogP contribution in [0.5, 0.6) is 0 Å². The van der Waals surface area contributed by atoms with Crippen LogP contribution in [0, 0.1) is 0 Å². The van der Waals surface area contributed by atoms with E-state index in [2.05, 4.69) is 11.1 Å². The third-order valence-corrected chi connectivity index (χ3v) is 3.09. The van der Waals surface area contributed by atoms with E-state index in [9.17, 15) is 0 Å². The smallest absolute Gasteiger partial charge is 0.145 e. The van der Waals surface area contributed by atoms with E-state index in [1.54, 1.807) is 6.20 Å². The number of hydrogen-bond donors (Lipinski definition) is 1. The van der Waals surface area contributed by atoms with Crippen molar-refractivity contribution < 1.29 is 0 Å². The maximum absolute atomic E-state index is 5.72. The van der Waals surface area contributed by atoms with E-state index in [0.717, 1.165) is 22.3 Å². The maximum Gasteiger partial charge on any atom is 0.145 e. The fourth-order valence-corrected chi connectivity index (χ4v) is 2.23. The number of pyridine rings is 1. The molecule has 3 nitrogen and oxygen atoms in total. The quantitative estimate of drug-likeness (QED) is 0.714. The van der Waals surface area contributed by atoms with E-state index in [1.807, 2.05) is 47.2 Å². The van der Waals surface area contributed by atoms with Gasteiger partial charge in [0.25, 0.3) is 0 Å². The zero-order valence-corrected chi connectivity index (χ0v) is 10.4. The number of nitrogens with zero attached hydrogens (tertiary/aromatic N) is 2. The number of rotatable bonds is 2. The van der Waals surface area contributed by atoms with E-state index < -0.39 is 0 Å². The Morgan fingerprint density at radius 1 is 1.11 bits per heavy atom. The van der Waals surface area contributed by atoms with Gasteiger partial charge in [-0.15, -0.1) is 0 Å². The minimum atomic E-state index is 0.370. The Labute approximate surface area is 110 Å². The molecule has 0 aliphatic carbocycles. The molecule has 18 heavy (non-hydrogen) atoms. The van der Waals surface area contributed by atoms with Crippen LogP contribution in [-0.2, 0) is 0 Å². The highest BCUT2D eigenvalue weighted by Crippen LogP contribution is 2.21. The second kappa shape index (κ2) is 4.23. The van der Waals surface area contributed by atoms with Gasteiger partial charge in [0.2, 0.25) is 0 Å². The second-order valence-corrected chi connectivity index (χ2v) is 4.42. The number of aromatic nitrogens is 2. The summed E-state index contributed by atoms with van der Waals surface area (Å²) in [5.74, 6) is 0.848. The molecule has 2 heterocycles. The van der Waals surface area contributed by atoms with Gasteiger partial charge in [0.15, 0.2) is 0 Å². The lowest BCUT2D eigenvalue weighted by molar-refractivity contribution is 1.01. The van der Waals surface area contributed by atoms with Crippen molar-refractivity contribution in [1.82, 2.24) is 9.55 Å². The fraction of sp³-hybridized carbons (Fsp3) is 0. The Balaban J connectivity index is 2.32. The Morgan fingerprint density at radius 2 is 1.94 bits per heavy atom. The molecule has 1 aromatic carbocycles. The van der Waals surface area contributed by atoms with Gasteiger partial charge in [-0.25, -0.2) is 4.98 Å². The lowest BCUT2D eigenvalue weighted by Crippen LogP contribution is -2.15. The average molecular weight is 253 g/mol. The SMILES string of the molecule is NC(=S)c1cccn1-c1nccc2ccccc12. The molecule has 0 radical (unpaired) electrons. The van der Waals surface area contributed by atoms with Crippen LogP contribution in [0.3, 0.4) is 0 Å². The van der Waals surface area contributed by atoms with E-state index in [0.29, 0.717) is 4.99 Å². The molecular formula is C14H11N3S. The standard InChI is InChI=1S/C14H11N3S/c15-13(18)12-6-3-9-17(12)14-11-5-2-1-4-10(11)7-8-16-14/h1-9H,(H2,15,18). The molecule has 2 N–H and O–H groups in total. The van der Waals surface area contributed by atoms with Gasteiger partial charge in [-0.1, -0.05) is 36.5 Å². The summed E-state index contributed by atoms with van der Waals surface area (Å²) in [5.41, 5.74) is 6.52. The topological polar surface area (TPSA) is 43.8 Å². The summed E-state index contributed by atoms with van der Waals surface area (Å²) in [6.07, 6.45) is 3.71. The number of thiocarbonyl (C=S) groups is 1. The van der Waals surface area contributed by atoms with Gasteiger partial charge in [-0.3, -0.25) is 4.57 Å². The number of nitrogens with two attached hydrogens (primary N) is 1. The van der Waals surface area contributed by atoms with Gasteiger partial charge in [-0.2, -0.15) is 0 Å². The zero-order valence-electron chi connectivity index (χ0n) is 9.58. The van der Waals surface area contributed by atoms with Crippen LogP contribution in [0.2, 0.25) is 0 Å². The molecule has 0 spiro atoms. The fourth-order valence-electron chi connectivity index (χ4n) is 2.06. The molecule has 0 fully saturated rings. The monoisotopic (exact) mass is 253 g/mol. The van der Waals surface area contributed by atoms with E-state index in [1.165, 1.54) is 0 Å². The third kappa shape index (κ3) is 1.67. The predicted molar refractivity (Wildman–Crippen MR) is 77.0 cm³/mol. The van der Waals surface area contributed by atoms with Gasteiger partial charge in [0.05, 0.1) is 5.69 Å². The van der Waals surface area contributed by atoms with Crippen LogP contribution in [-0.4, -0.2) is 14.5 Å². The van der Waals surface area contributed by atoms with Gasteiger partial charge in [0, 0.05) is 17.8 Å². The molecule has 4 heteroatoms. The minimum absolute atomic E-state index is 0.370. The van der Waals surface area contributed by atoms with E-state index in [4.69, 9.17) is 18.0 Å². The number of benzene rings is 1. The van der Waals surface area contributed by atoms with Crippen molar-refractivity contribution in [3.8, 4) is 5.82 Å². The molecule has 3 aromatic rings. The number of fused-ring (bicyclic) bond motifs is 1. The van der Waals surface area contributed by atoms with Gasteiger partial charge >= 0.3 is 0 Å². The largest absolute Gasteiger partial charge is 0.388 e. The zero-order chi connectivity index (χ0) is 12.5. The van der Waals surface area contributed by atoms with Crippen molar-refractivity contribution in [1.29, 1.82) is 0 Å². The highest BCUT2D eigenvalue weighted by Gasteiger charge is 2.09. The summed E-state index contributed by atoms with van der Waals surface area (Å²) in [4.78, 5) is 4.81. The summed E-state index contributed by atoms with van der Waals surface area (Å²) in [5, 5.41) is 2.22. The minimum Gasteiger partial charge on any atom is -0.388 e. The van der Waals surface area contributed by atoms with Crippen molar-refractivity contribution >= 4 is 28.0 Å². The molecule has 2 aromatic heterocycles. The molecule has 0 saturated carbocycles. The Hall–Kier alpha value is -2.20. The first-order chi connectivity index (χ1) is 8.77. The van der Waals surface area contributed by atoms with Crippen LogP contribution < -0.4 is 5.73 Å². The Kier molecular flexibility index (Phi) is 2.57. The maximum atomic E-state index is 5.72. The number of hydrogen-bond acceptors (Lipinski definition) is 2. The Bertz CT molecular complexity index is 725. The van der Waals surface area contributed by atoms with Gasteiger partial charge < -0.3 is 5.73 Å². The summed E-state index contributed by atoms with van der Waals surface area (Å²) in [6.45, 7) is 0. The molecule has 0 amide bonds. The first kappa shape index (κ1) is 10.9. The van der Waals surface area contributed by atoms with Crippen LogP contribution in [0.15, 0.2) is 54.9 Å². The molecule has 0 aliphatic rings. The molecule has 3 rings (SSSR count). The van der Waals surface area contributed by atoms with Crippen molar-refractivity contribution in [3.63, 3.8) is 0 Å². The molecule has 0 aliphatic heterocycles. The first-order valence-electron chi connectivity index (χ1n) is 5.58. The normalized spacial score (nSPS) is 10.7. The van der Waals surface area contributed by atoms with Crippen molar-refractivity contribution in [2.24, 2.45) is 5.73 Å². The lowest BCUT2D eigenvalue weighted by atomic mass is 10.1. The molecule has 0 saturated heterocycles. The average Bonchev–Trinajstić information content (AvgIpc) is 2.87. The van der Waals surface area contributed by atoms with Crippen molar-refractivity contribution in [3.05, 3.63) is 60.6 Å². The summed E-state index contributed by atoms with van der Waals surface area (Å²) < 4.78 is 1.92. The van der Waals surface area contributed by atoms with E-state index in [-0.39, 0.29) is 0 Å². The lowest BCUT2D eigenvalue weighted by Gasteiger charge is -2.10. The van der Waals surface area contributed by atoms with Crippen molar-refractivity contribution in [2.75, 3.05) is 0 Å². The predicted octanol–water partition coefficient (Wildman–Crippen LogP) is 2.66. The van der Waals surface area contributed by atoms with Crippen LogP contribution in [0.25, 0.3) is 16.6 Å². The summed E-state index contributed by atoms with van der Waals surface area (Å²) in [7, 11) is 0. The van der Waals surface area contributed by atoms with Crippen LogP contribution >= 0.6 is 12.2 Å². The molecule has 0 bridgehead atoms. The summed E-state index contributed by atoms with van der Waals surface area (Å²) >= 11 is 5.06. The third-order valence-electron chi connectivity index (χ3n) is 2.88. The van der Waals surface area contributed by atoms with Crippen molar-refractivity contribution in [2.45, 2.75) is 0 Å². The highest BCUT2D eigenvalue weighted by molar-refractivity contribution is 7.80. The first-order valence-corrected chi connectivity index (χ1v) is 5.99. The van der Waals surface area contributed by atoms with Crippen LogP contribution in [0.4, 0.5) is 0 Å².